The van der Waals surface area contributed by atoms with E-state index in [0.717, 1.165) is 12.8 Å². The third kappa shape index (κ3) is 1.97. The number of carboxylic acids is 1. The predicted molar refractivity (Wildman–Crippen MR) is 46.7 cm³/mol. The van der Waals surface area contributed by atoms with Crippen LogP contribution in [0.25, 0.3) is 0 Å². The Morgan fingerprint density at radius 2 is 2.17 bits per heavy atom. The van der Waals surface area contributed by atoms with Crippen LogP contribution in [0.15, 0.2) is 0 Å². The molecule has 0 heterocycles. The van der Waals surface area contributed by atoms with Gasteiger partial charge in [-0.05, 0) is 24.7 Å². The van der Waals surface area contributed by atoms with E-state index in [1.807, 2.05) is 0 Å². The number of nitrogens with two attached hydrogens (primary N) is 1. The van der Waals surface area contributed by atoms with Crippen LogP contribution >= 0.6 is 0 Å². The second-order valence-electron chi connectivity index (χ2n) is 4.52. The van der Waals surface area contributed by atoms with Gasteiger partial charge in [0.25, 0.3) is 0 Å². The van der Waals surface area contributed by atoms with E-state index in [-0.39, 0.29) is 17.4 Å². The van der Waals surface area contributed by atoms with Crippen LogP contribution in [0.2, 0.25) is 0 Å². The lowest BCUT2D eigenvalue weighted by Crippen LogP contribution is -2.43. The maximum Gasteiger partial charge on any atom is 0.308 e. The van der Waals surface area contributed by atoms with Crippen molar-refractivity contribution >= 4 is 5.97 Å². The van der Waals surface area contributed by atoms with Crippen molar-refractivity contribution < 1.29 is 9.90 Å². The standard InChI is InChI=1S/C9H17NO2/c1-9(2)4-3-7(10)6(5-9)8(11)12/h6-7H,3-5,10H2,1-2H3,(H,11,12). The van der Waals surface area contributed by atoms with Crippen molar-refractivity contribution in [3.8, 4) is 0 Å². The average molecular weight is 171 g/mol. The molecule has 0 saturated heterocycles. The number of carboxylic acid groups (broad SMARTS) is 1. The predicted octanol–water partition coefficient (Wildman–Crippen LogP) is 1.22. The van der Waals surface area contributed by atoms with Gasteiger partial charge < -0.3 is 10.8 Å². The summed E-state index contributed by atoms with van der Waals surface area (Å²) >= 11 is 0. The zero-order chi connectivity index (χ0) is 9.35. The molecular weight excluding hydrogens is 154 g/mol. The number of aliphatic carboxylic acids is 1. The first-order valence-corrected chi connectivity index (χ1v) is 4.41. The van der Waals surface area contributed by atoms with Gasteiger partial charge in [0.15, 0.2) is 0 Å². The molecule has 0 aromatic heterocycles. The van der Waals surface area contributed by atoms with Crippen molar-refractivity contribution in [2.24, 2.45) is 17.1 Å². The molecule has 2 unspecified atom stereocenters. The first kappa shape index (κ1) is 9.52. The Kier molecular flexibility index (Phi) is 2.42. The van der Waals surface area contributed by atoms with Crippen LogP contribution in [0.4, 0.5) is 0 Å². The second-order valence-corrected chi connectivity index (χ2v) is 4.52. The van der Waals surface area contributed by atoms with E-state index < -0.39 is 5.97 Å². The van der Waals surface area contributed by atoms with Crippen LogP contribution in [0, 0.1) is 11.3 Å². The molecule has 1 rings (SSSR count). The highest BCUT2D eigenvalue weighted by atomic mass is 16.4. The summed E-state index contributed by atoms with van der Waals surface area (Å²) in [4.78, 5) is 10.8. The van der Waals surface area contributed by atoms with Gasteiger partial charge in [0, 0.05) is 6.04 Å². The van der Waals surface area contributed by atoms with Crippen molar-refractivity contribution in [2.75, 3.05) is 0 Å². The van der Waals surface area contributed by atoms with Gasteiger partial charge in [-0.15, -0.1) is 0 Å². The summed E-state index contributed by atoms with van der Waals surface area (Å²) in [6.07, 6.45) is 2.59. The van der Waals surface area contributed by atoms with Gasteiger partial charge in [-0.2, -0.15) is 0 Å². The molecule has 0 spiro atoms. The van der Waals surface area contributed by atoms with Crippen LogP contribution in [0.1, 0.15) is 33.1 Å². The third-order valence-corrected chi connectivity index (χ3v) is 2.76. The van der Waals surface area contributed by atoms with Crippen LogP contribution in [-0.2, 0) is 4.79 Å². The summed E-state index contributed by atoms with van der Waals surface area (Å²) < 4.78 is 0. The van der Waals surface area contributed by atoms with Crippen LogP contribution in [0.3, 0.4) is 0 Å². The molecule has 3 nitrogen and oxygen atoms in total. The first-order valence-electron chi connectivity index (χ1n) is 4.41. The monoisotopic (exact) mass is 171 g/mol. The molecule has 0 amide bonds. The second kappa shape index (κ2) is 3.05. The Balaban J connectivity index is 2.66. The lowest BCUT2D eigenvalue weighted by Gasteiger charge is -2.36. The number of carbonyl (C=O) groups is 1. The van der Waals surface area contributed by atoms with Crippen molar-refractivity contribution in [1.82, 2.24) is 0 Å². The Morgan fingerprint density at radius 3 is 2.58 bits per heavy atom. The van der Waals surface area contributed by atoms with Gasteiger partial charge in [-0.3, -0.25) is 4.79 Å². The van der Waals surface area contributed by atoms with E-state index in [1.165, 1.54) is 0 Å². The zero-order valence-electron chi connectivity index (χ0n) is 7.71. The fraction of sp³-hybridized carbons (Fsp3) is 0.889. The highest BCUT2D eigenvalue weighted by molar-refractivity contribution is 5.71. The van der Waals surface area contributed by atoms with E-state index in [2.05, 4.69) is 13.8 Å². The number of hydrogen-bond acceptors (Lipinski definition) is 2. The molecule has 0 radical (unpaired) electrons. The fourth-order valence-corrected chi connectivity index (χ4v) is 1.88. The molecule has 0 bridgehead atoms. The van der Waals surface area contributed by atoms with Gasteiger partial charge in [-0.25, -0.2) is 0 Å². The van der Waals surface area contributed by atoms with E-state index in [4.69, 9.17) is 10.8 Å². The molecule has 1 aliphatic rings. The summed E-state index contributed by atoms with van der Waals surface area (Å²) in [6.45, 7) is 4.21. The maximum absolute atomic E-state index is 10.8. The molecule has 3 heteroatoms. The normalized spacial score (nSPS) is 34.6. The highest BCUT2D eigenvalue weighted by Gasteiger charge is 2.36. The molecule has 12 heavy (non-hydrogen) atoms. The van der Waals surface area contributed by atoms with Crippen molar-refractivity contribution in [2.45, 2.75) is 39.2 Å². The van der Waals surface area contributed by atoms with Gasteiger partial charge in [-0.1, -0.05) is 13.8 Å². The first-order chi connectivity index (χ1) is 5.42. The summed E-state index contributed by atoms with van der Waals surface area (Å²) in [5, 5.41) is 8.86. The minimum absolute atomic E-state index is 0.143. The molecule has 70 valence electrons. The highest BCUT2D eigenvalue weighted by Crippen LogP contribution is 2.37. The lowest BCUT2D eigenvalue weighted by molar-refractivity contribution is -0.144. The fourth-order valence-electron chi connectivity index (χ4n) is 1.88. The molecular formula is C9H17NO2. The summed E-state index contributed by atoms with van der Waals surface area (Å²) in [6, 6.07) is -0.143. The van der Waals surface area contributed by atoms with Crippen molar-refractivity contribution in [3.05, 3.63) is 0 Å². The Morgan fingerprint density at radius 1 is 1.58 bits per heavy atom. The number of rotatable bonds is 1. The average Bonchev–Trinajstić information content (AvgIpc) is 1.94. The molecule has 0 aliphatic heterocycles. The zero-order valence-corrected chi connectivity index (χ0v) is 7.71. The molecule has 1 saturated carbocycles. The molecule has 0 aromatic rings. The quantitative estimate of drug-likeness (QED) is 0.623. The largest absolute Gasteiger partial charge is 0.481 e. The van der Waals surface area contributed by atoms with E-state index in [1.54, 1.807) is 0 Å². The minimum atomic E-state index is -0.740. The lowest BCUT2D eigenvalue weighted by atomic mass is 9.70. The van der Waals surface area contributed by atoms with Crippen LogP contribution in [-0.4, -0.2) is 17.1 Å². The Bertz CT molecular complexity index is 189. The van der Waals surface area contributed by atoms with Gasteiger partial charge in [0.2, 0.25) is 0 Å². The van der Waals surface area contributed by atoms with E-state index >= 15 is 0 Å². The van der Waals surface area contributed by atoms with E-state index in [0.29, 0.717) is 6.42 Å². The topological polar surface area (TPSA) is 63.3 Å². The van der Waals surface area contributed by atoms with Gasteiger partial charge >= 0.3 is 5.97 Å². The molecule has 2 atom stereocenters. The van der Waals surface area contributed by atoms with Crippen LogP contribution < -0.4 is 5.73 Å². The summed E-state index contributed by atoms with van der Waals surface area (Å²) in [5.74, 6) is -1.08. The summed E-state index contributed by atoms with van der Waals surface area (Å²) in [5.41, 5.74) is 5.87. The van der Waals surface area contributed by atoms with Crippen LogP contribution in [0.5, 0.6) is 0 Å². The molecule has 0 aromatic carbocycles. The smallest absolute Gasteiger partial charge is 0.308 e. The van der Waals surface area contributed by atoms with Gasteiger partial charge in [0.1, 0.15) is 0 Å². The third-order valence-electron chi connectivity index (χ3n) is 2.76. The van der Waals surface area contributed by atoms with Crippen molar-refractivity contribution in [3.63, 3.8) is 0 Å². The molecule has 1 aliphatic carbocycles. The maximum atomic E-state index is 10.8. The number of hydrogen-bond donors (Lipinski definition) is 2. The minimum Gasteiger partial charge on any atom is -0.481 e. The SMILES string of the molecule is CC1(C)CCC(N)C(C(=O)O)C1. The summed E-state index contributed by atoms with van der Waals surface area (Å²) in [7, 11) is 0. The van der Waals surface area contributed by atoms with Gasteiger partial charge in [0.05, 0.1) is 5.92 Å². The Labute approximate surface area is 72.9 Å². The Hall–Kier alpha value is -0.570. The molecule has 3 N–H and O–H groups in total. The molecule has 1 fully saturated rings. The van der Waals surface area contributed by atoms with E-state index in [9.17, 15) is 4.79 Å². The van der Waals surface area contributed by atoms with Crippen molar-refractivity contribution in [1.29, 1.82) is 0 Å².